The molecule has 1 aromatic rings. The molecular weight excluding hydrogens is 256 g/mol. The molecule has 0 bridgehead atoms. The Morgan fingerprint density at radius 3 is 2.67 bits per heavy atom. The van der Waals surface area contributed by atoms with Crippen LogP contribution in [0.3, 0.4) is 0 Å². The molecule has 1 fully saturated rings. The Kier molecular flexibility index (Phi) is 2.95. The minimum Gasteiger partial charge on any atom is -0.360 e. The van der Waals surface area contributed by atoms with E-state index in [9.17, 15) is 4.79 Å². The highest BCUT2D eigenvalue weighted by molar-refractivity contribution is 9.10. The van der Waals surface area contributed by atoms with Crippen molar-refractivity contribution in [2.45, 2.75) is 0 Å². The van der Waals surface area contributed by atoms with Crippen LogP contribution in [-0.2, 0) is 4.79 Å². The van der Waals surface area contributed by atoms with Crippen LogP contribution in [0.4, 0.5) is 5.69 Å². The largest absolute Gasteiger partial charge is 0.360 e. The number of likely N-dealkylation sites (N-methyl/N-ethyl adjacent to an activating group) is 1. The van der Waals surface area contributed by atoms with Gasteiger partial charge in [-0.2, -0.15) is 0 Å². The van der Waals surface area contributed by atoms with Crippen molar-refractivity contribution < 1.29 is 4.79 Å². The van der Waals surface area contributed by atoms with Gasteiger partial charge in [0, 0.05) is 24.6 Å². The van der Waals surface area contributed by atoms with Gasteiger partial charge in [-0.15, -0.1) is 0 Å². The summed E-state index contributed by atoms with van der Waals surface area (Å²) < 4.78 is 1.04. The number of hydrogen-bond acceptors (Lipinski definition) is 2. The van der Waals surface area contributed by atoms with Crippen LogP contribution in [0.15, 0.2) is 28.7 Å². The number of nitrogens with zero attached hydrogens (tertiary/aromatic N) is 2. The molecule has 1 amide bonds. The second-order valence-corrected chi connectivity index (χ2v) is 4.54. The van der Waals surface area contributed by atoms with E-state index in [1.54, 1.807) is 4.90 Å². The summed E-state index contributed by atoms with van der Waals surface area (Å²) in [5, 5.41) is 0. The first kappa shape index (κ1) is 10.5. The van der Waals surface area contributed by atoms with Gasteiger partial charge in [0.1, 0.15) is 0 Å². The highest BCUT2D eigenvalue weighted by Crippen LogP contribution is 2.26. The highest BCUT2D eigenvalue weighted by Gasteiger charge is 2.21. The molecule has 0 spiro atoms. The summed E-state index contributed by atoms with van der Waals surface area (Å²) in [6.45, 7) is 2.16. The first-order valence-corrected chi connectivity index (χ1v) is 5.71. The van der Waals surface area contributed by atoms with E-state index in [2.05, 4.69) is 20.8 Å². The lowest BCUT2D eigenvalue weighted by atomic mass is 10.2. The standard InChI is InChI=1S/C11H13BrN2O/c1-13-6-7-14(8-11(13)15)10-5-3-2-4-9(10)12/h2-5H,6-8H2,1H3. The third kappa shape index (κ3) is 2.15. The predicted molar refractivity (Wildman–Crippen MR) is 64.0 cm³/mol. The molecule has 1 saturated heterocycles. The minimum atomic E-state index is 0.178. The number of carbonyl (C=O) groups is 1. The maximum Gasteiger partial charge on any atom is 0.241 e. The number of carbonyl (C=O) groups excluding carboxylic acids is 1. The van der Waals surface area contributed by atoms with Crippen molar-refractivity contribution in [2.24, 2.45) is 0 Å². The number of halogens is 1. The van der Waals surface area contributed by atoms with Gasteiger partial charge in [-0.05, 0) is 28.1 Å². The maximum atomic E-state index is 11.6. The van der Waals surface area contributed by atoms with E-state index in [1.807, 2.05) is 31.3 Å². The lowest BCUT2D eigenvalue weighted by molar-refractivity contribution is -0.129. The second-order valence-electron chi connectivity index (χ2n) is 3.69. The Hall–Kier alpha value is -1.03. The average Bonchev–Trinajstić information content (AvgIpc) is 2.23. The number of hydrogen-bond donors (Lipinski definition) is 0. The monoisotopic (exact) mass is 268 g/mol. The first-order chi connectivity index (χ1) is 7.18. The van der Waals surface area contributed by atoms with E-state index in [1.165, 1.54) is 0 Å². The molecule has 1 heterocycles. The van der Waals surface area contributed by atoms with Gasteiger partial charge in [0.15, 0.2) is 0 Å². The first-order valence-electron chi connectivity index (χ1n) is 4.92. The SMILES string of the molecule is CN1CCN(c2ccccc2Br)CC1=O. The number of anilines is 1. The fourth-order valence-electron chi connectivity index (χ4n) is 1.67. The van der Waals surface area contributed by atoms with Crippen molar-refractivity contribution in [2.75, 3.05) is 31.6 Å². The number of benzene rings is 1. The van der Waals surface area contributed by atoms with Crippen molar-refractivity contribution in [3.63, 3.8) is 0 Å². The summed E-state index contributed by atoms with van der Waals surface area (Å²) >= 11 is 3.50. The fraction of sp³-hybridized carbons (Fsp3) is 0.364. The molecule has 80 valence electrons. The zero-order chi connectivity index (χ0) is 10.8. The highest BCUT2D eigenvalue weighted by atomic mass is 79.9. The summed E-state index contributed by atoms with van der Waals surface area (Å²) in [6, 6.07) is 8.00. The summed E-state index contributed by atoms with van der Waals surface area (Å²) in [6.07, 6.45) is 0. The molecule has 0 aliphatic carbocycles. The van der Waals surface area contributed by atoms with Gasteiger partial charge in [0.25, 0.3) is 0 Å². The Balaban J connectivity index is 2.19. The zero-order valence-electron chi connectivity index (χ0n) is 8.61. The number of para-hydroxylation sites is 1. The van der Waals surface area contributed by atoms with Crippen molar-refractivity contribution in [3.8, 4) is 0 Å². The lowest BCUT2D eigenvalue weighted by Crippen LogP contribution is -2.48. The molecular formula is C11H13BrN2O. The van der Waals surface area contributed by atoms with E-state index in [0.29, 0.717) is 6.54 Å². The zero-order valence-corrected chi connectivity index (χ0v) is 10.2. The van der Waals surface area contributed by atoms with Gasteiger partial charge in [-0.25, -0.2) is 0 Å². The van der Waals surface area contributed by atoms with Crippen LogP contribution < -0.4 is 4.90 Å². The molecule has 1 aromatic carbocycles. The van der Waals surface area contributed by atoms with Gasteiger partial charge in [0.05, 0.1) is 12.2 Å². The fourth-order valence-corrected chi connectivity index (χ4v) is 2.21. The van der Waals surface area contributed by atoms with E-state index in [0.717, 1.165) is 23.2 Å². The Morgan fingerprint density at radius 1 is 1.27 bits per heavy atom. The normalized spacial score (nSPS) is 17.1. The van der Waals surface area contributed by atoms with E-state index in [4.69, 9.17) is 0 Å². The van der Waals surface area contributed by atoms with Gasteiger partial charge in [-0.1, -0.05) is 12.1 Å². The second kappa shape index (κ2) is 4.23. The van der Waals surface area contributed by atoms with Crippen LogP contribution in [0.1, 0.15) is 0 Å². The third-order valence-corrected chi connectivity index (χ3v) is 3.32. The number of piperazine rings is 1. The molecule has 0 atom stereocenters. The molecule has 1 aliphatic rings. The molecule has 0 N–H and O–H groups in total. The van der Waals surface area contributed by atoms with Gasteiger partial charge in [0.2, 0.25) is 5.91 Å². The van der Waals surface area contributed by atoms with Crippen LogP contribution >= 0.6 is 15.9 Å². The van der Waals surface area contributed by atoms with Crippen molar-refractivity contribution in [1.82, 2.24) is 4.90 Å². The third-order valence-electron chi connectivity index (χ3n) is 2.65. The van der Waals surface area contributed by atoms with Crippen molar-refractivity contribution in [1.29, 1.82) is 0 Å². The van der Waals surface area contributed by atoms with Crippen LogP contribution in [0.2, 0.25) is 0 Å². The molecule has 1 aliphatic heterocycles. The lowest BCUT2D eigenvalue weighted by Gasteiger charge is -2.34. The summed E-state index contributed by atoms with van der Waals surface area (Å²) in [5.74, 6) is 0.178. The van der Waals surface area contributed by atoms with E-state index < -0.39 is 0 Å². The maximum absolute atomic E-state index is 11.6. The Labute approximate surface area is 97.8 Å². The number of rotatable bonds is 1. The quantitative estimate of drug-likeness (QED) is 0.775. The Bertz CT molecular complexity index is 381. The Morgan fingerprint density at radius 2 is 2.00 bits per heavy atom. The van der Waals surface area contributed by atoms with Crippen molar-refractivity contribution >= 4 is 27.5 Å². The molecule has 2 rings (SSSR count). The molecule has 0 aromatic heterocycles. The summed E-state index contributed by atoms with van der Waals surface area (Å²) in [5.41, 5.74) is 1.10. The minimum absolute atomic E-state index is 0.178. The van der Waals surface area contributed by atoms with Crippen LogP contribution in [0, 0.1) is 0 Å². The van der Waals surface area contributed by atoms with Gasteiger partial charge in [-0.3, -0.25) is 4.79 Å². The molecule has 4 heteroatoms. The van der Waals surface area contributed by atoms with E-state index >= 15 is 0 Å². The van der Waals surface area contributed by atoms with E-state index in [-0.39, 0.29) is 5.91 Å². The van der Waals surface area contributed by atoms with Crippen LogP contribution in [0.25, 0.3) is 0 Å². The smallest absolute Gasteiger partial charge is 0.241 e. The summed E-state index contributed by atoms with van der Waals surface area (Å²) in [7, 11) is 1.85. The van der Waals surface area contributed by atoms with Gasteiger partial charge < -0.3 is 9.80 Å². The number of amides is 1. The molecule has 0 radical (unpaired) electrons. The topological polar surface area (TPSA) is 23.6 Å². The molecule has 0 saturated carbocycles. The summed E-state index contributed by atoms with van der Waals surface area (Å²) in [4.78, 5) is 15.4. The van der Waals surface area contributed by atoms with Crippen molar-refractivity contribution in [3.05, 3.63) is 28.7 Å². The van der Waals surface area contributed by atoms with Crippen LogP contribution in [-0.4, -0.2) is 37.5 Å². The molecule has 15 heavy (non-hydrogen) atoms. The molecule has 0 unspecified atom stereocenters. The van der Waals surface area contributed by atoms with Gasteiger partial charge >= 0.3 is 0 Å². The average molecular weight is 269 g/mol. The van der Waals surface area contributed by atoms with Crippen LogP contribution in [0.5, 0.6) is 0 Å². The molecule has 3 nitrogen and oxygen atoms in total. The predicted octanol–water partition coefficient (Wildman–Crippen LogP) is 1.73.